The van der Waals surface area contributed by atoms with Crippen molar-refractivity contribution < 1.29 is 9.50 Å². The minimum atomic E-state index is -0.330. The molecule has 7 nitrogen and oxygen atoms in total. The maximum atomic E-state index is 13.5. The van der Waals surface area contributed by atoms with Gasteiger partial charge in [0.05, 0.1) is 23.3 Å². The Morgan fingerprint density at radius 2 is 1.72 bits per heavy atom. The fraction of sp³-hybridized carbons (Fsp3) is 0.111. The van der Waals surface area contributed by atoms with Crippen LogP contribution in [0.15, 0.2) is 89.8 Å². The summed E-state index contributed by atoms with van der Waals surface area (Å²) in [5, 5.41) is 30.0. The van der Waals surface area contributed by atoms with Gasteiger partial charge in [-0.15, -0.1) is 10.2 Å². The van der Waals surface area contributed by atoms with Crippen LogP contribution in [0.25, 0.3) is 28.0 Å². The van der Waals surface area contributed by atoms with E-state index in [1.807, 2.05) is 66.2 Å². The van der Waals surface area contributed by atoms with Crippen LogP contribution in [0.5, 0.6) is 0 Å². The Bertz CT molecular complexity index is 1600. The van der Waals surface area contributed by atoms with Crippen LogP contribution in [0.4, 0.5) is 4.39 Å². The van der Waals surface area contributed by atoms with Crippen LogP contribution < -0.4 is 0 Å². The highest BCUT2D eigenvalue weighted by molar-refractivity contribution is 7.99. The number of thioether (sulfide) groups is 1. The number of aryl methyl sites for hydroxylation is 1. The van der Waals surface area contributed by atoms with Gasteiger partial charge in [-0.3, -0.25) is 4.57 Å². The normalized spacial score (nSPS) is 11.9. The quantitative estimate of drug-likeness (QED) is 0.179. The maximum Gasteiger partial charge on any atom is 0.192 e. The largest absolute Gasteiger partial charge is 0.510 e. The third-order valence-corrected chi connectivity index (χ3v) is 6.73. The molecule has 2 heterocycles. The molecule has 1 N–H and O–H groups in total. The molecule has 0 spiro atoms. The number of aliphatic hydroxyl groups is 1. The van der Waals surface area contributed by atoms with Crippen molar-refractivity contribution in [2.75, 3.05) is 5.75 Å². The highest BCUT2D eigenvalue weighted by Crippen LogP contribution is 2.29. The van der Waals surface area contributed by atoms with Gasteiger partial charge in [0.1, 0.15) is 23.2 Å². The maximum absolute atomic E-state index is 13.5. The number of fused-ring (bicyclic) bond motifs is 1. The first-order valence-corrected chi connectivity index (χ1v) is 12.1. The Morgan fingerprint density at radius 3 is 2.44 bits per heavy atom. The highest BCUT2D eigenvalue weighted by Gasteiger charge is 2.19. The third-order valence-electron chi connectivity index (χ3n) is 5.75. The summed E-state index contributed by atoms with van der Waals surface area (Å²) in [4.78, 5) is 4.53. The van der Waals surface area contributed by atoms with Gasteiger partial charge in [0, 0.05) is 12.6 Å². The van der Waals surface area contributed by atoms with E-state index in [9.17, 15) is 14.8 Å². The van der Waals surface area contributed by atoms with E-state index in [0.29, 0.717) is 23.4 Å². The number of imidazole rings is 1. The number of nitriles is 1. The number of nitrogens with zero attached hydrogens (tertiary/aromatic N) is 6. The SMILES string of the molecule is Cn1c(/C(C#N)=C(\O)CSc2nnc(-c3ccc(F)cc3)n2Cc2ccccc2)nc2ccccc21. The van der Waals surface area contributed by atoms with E-state index in [4.69, 9.17) is 0 Å². The first-order chi connectivity index (χ1) is 17.5. The third kappa shape index (κ3) is 4.59. The van der Waals surface area contributed by atoms with Gasteiger partial charge in [-0.25, -0.2) is 9.37 Å². The first kappa shape index (κ1) is 23.3. The molecule has 0 fully saturated rings. The van der Waals surface area contributed by atoms with Gasteiger partial charge < -0.3 is 9.67 Å². The fourth-order valence-corrected chi connectivity index (χ4v) is 4.75. The van der Waals surface area contributed by atoms with Crippen LogP contribution in [-0.2, 0) is 13.6 Å². The van der Waals surface area contributed by atoms with E-state index in [-0.39, 0.29) is 22.9 Å². The van der Waals surface area contributed by atoms with Crippen LogP contribution >= 0.6 is 11.8 Å². The van der Waals surface area contributed by atoms with Gasteiger partial charge in [0.2, 0.25) is 0 Å². The molecule has 36 heavy (non-hydrogen) atoms. The lowest BCUT2D eigenvalue weighted by atomic mass is 10.2. The van der Waals surface area contributed by atoms with Crippen LogP contribution in [0.3, 0.4) is 0 Å². The predicted molar refractivity (Wildman–Crippen MR) is 138 cm³/mol. The number of hydrogen-bond acceptors (Lipinski definition) is 6. The van der Waals surface area contributed by atoms with Gasteiger partial charge in [0.25, 0.3) is 0 Å². The molecular formula is C27H21FN6OS. The van der Waals surface area contributed by atoms with Crippen molar-refractivity contribution in [3.8, 4) is 17.5 Å². The molecule has 0 aliphatic rings. The van der Waals surface area contributed by atoms with Gasteiger partial charge >= 0.3 is 0 Å². The van der Waals surface area contributed by atoms with Gasteiger partial charge in [-0.05, 0) is 42.0 Å². The monoisotopic (exact) mass is 496 g/mol. The summed E-state index contributed by atoms with van der Waals surface area (Å²) >= 11 is 1.26. The molecule has 5 rings (SSSR count). The molecular weight excluding hydrogens is 475 g/mol. The molecule has 2 aromatic heterocycles. The summed E-state index contributed by atoms with van der Waals surface area (Å²) in [6.07, 6.45) is 0. The zero-order chi connectivity index (χ0) is 25.1. The van der Waals surface area contributed by atoms with E-state index >= 15 is 0 Å². The number of rotatable bonds is 7. The molecule has 0 aliphatic heterocycles. The van der Waals surface area contributed by atoms with Crippen LogP contribution in [0, 0.1) is 17.1 Å². The molecule has 0 bridgehead atoms. The standard InChI is InChI=1S/C27H21FN6OS/c1-33-23-10-6-5-9-22(23)30-26(33)21(15-29)24(35)17-36-27-32-31-25(19-11-13-20(28)14-12-19)34(27)16-18-7-3-2-4-8-18/h2-14,35H,16-17H2,1H3/b24-21-. The molecule has 0 saturated carbocycles. The minimum Gasteiger partial charge on any atom is -0.510 e. The van der Waals surface area contributed by atoms with Crippen LogP contribution in [0.1, 0.15) is 11.4 Å². The fourth-order valence-electron chi connectivity index (χ4n) is 3.93. The minimum absolute atomic E-state index is 0.0986. The van der Waals surface area contributed by atoms with Crippen molar-refractivity contribution in [1.82, 2.24) is 24.3 Å². The van der Waals surface area contributed by atoms with Crippen LogP contribution in [-0.4, -0.2) is 35.2 Å². The number of benzene rings is 3. The van der Waals surface area contributed by atoms with Gasteiger partial charge in [0.15, 0.2) is 16.8 Å². The second kappa shape index (κ2) is 10.1. The number of halogens is 1. The molecule has 0 saturated heterocycles. The molecule has 0 amide bonds. The summed E-state index contributed by atoms with van der Waals surface area (Å²) in [5.74, 6) is 0.653. The zero-order valence-corrected chi connectivity index (χ0v) is 20.2. The average molecular weight is 497 g/mol. The topological polar surface area (TPSA) is 92.5 Å². The number of aliphatic hydroxyl groups excluding tert-OH is 1. The summed E-state index contributed by atoms with van der Waals surface area (Å²) in [5.41, 5.74) is 3.49. The van der Waals surface area contributed by atoms with Crippen molar-refractivity contribution in [2.24, 2.45) is 7.05 Å². The van der Waals surface area contributed by atoms with Crippen molar-refractivity contribution in [2.45, 2.75) is 11.7 Å². The molecule has 0 radical (unpaired) electrons. The summed E-state index contributed by atoms with van der Waals surface area (Å²) in [7, 11) is 1.81. The Labute approximate surface area is 211 Å². The Morgan fingerprint density at radius 1 is 1.00 bits per heavy atom. The molecule has 5 aromatic rings. The molecule has 9 heteroatoms. The van der Waals surface area contributed by atoms with Crippen molar-refractivity contribution >= 4 is 28.4 Å². The number of allylic oxidation sites excluding steroid dienone is 1. The second-order valence-corrected chi connectivity index (χ2v) is 9.03. The Hall–Kier alpha value is -4.42. The molecule has 0 aliphatic carbocycles. The van der Waals surface area contributed by atoms with E-state index < -0.39 is 0 Å². The van der Waals surface area contributed by atoms with Gasteiger partial charge in [-0.2, -0.15) is 5.26 Å². The lowest BCUT2D eigenvalue weighted by Gasteiger charge is -2.11. The molecule has 3 aromatic carbocycles. The van der Waals surface area contributed by atoms with E-state index in [0.717, 1.165) is 22.2 Å². The molecule has 0 atom stereocenters. The summed E-state index contributed by atoms with van der Waals surface area (Å²) < 4.78 is 17.2. The lowest BCUT2D eigenvalue weighted by molar-refractivity contribution is 0.420. The molecule has 178 valence electrons. The first-order valence-electron chi connectivity index (χ1n) is 11.1. The Kier molecular flexibility index (Phi) is 6.52. The summed E-state index contributed by atoms with van der Waals surface area (Å²) in [6, 6.07) is 25.6. The lowest BCUT2D eigenvalue weighted by Crippen LogP contribution is -2.05. The van der Waals surface area contributed by atoms with Crippen molar-refractivity contribution in [1.29, 1.82) is 5.26 Å². The van der Waals surface area contributed by atoms with E-state index in [2.05, 4.69) is 21.3 Å². The highest BCUT2D eigenvalue weighted by atomic mass is 32.2. The number of hydrogen-bond donors (Lipinski definition) is 1. The predicted octanol–water partition coefficient (Wildman–Crippen LogP) is 5.60. The smallest absolute Gasteiger partial charge is 0.192 e. The van der Waals surface area contributed by atoms with Crippen molar-refractivity contribution in [3.63, 3.8) is 0 Å². The Balaban J connectivity index is 1.48. The van der Waals surface area contributed by atoms with E-state index in [1.54, 1.807) is 16.7 Å². The van der Waals surface area contributed by atoms with Crippen molar-refractivity contribution in [3.05, 3.63) is 102 Å². The number of para-hydroxylation sites is 2. The second-order valence-electron chi connectivity index (χ2n) is 8.09. The number of aromatic nitrogens is 5. The van der Waals surface area contributed by atoms with E-state index in [1.165, 1.54) is 23.9 Å². The van der Waals surface area contributed by atoms with Crippen LogP contribution in [0.2, 0.25) is 0 Å². The van der Waals surface area contributed by atoms with Gasteiger partial charge in [-0.1, -0.05) is 54.2 Å². The zero-order valence-electron chi connectivity index (χ0n) is 19.3. The molecule has 0 unspecified atom stereocenters. The average Bonchev–Trinajstić information content (AvgIpc) is 3.45. The summed E-state index contributed by atoms with van der Waals surface area (Å²) in [6.45, 7) is 0.489.